The minimum Gasteiger partial charge on any atom is -0.491 e. The van der Waals surface area contributed by atoms with Gasteiger partial charge in [0, 0.05) is 38.9 Å². The van der Waals surface area contributed by atoms with Crippen LogP contribution in [0.2, 0.25) is 0 Å². The van der Waals surface area contributed by atoms with Gasteiger partial charge in [-0.3, -0.25) is 4.99 Å². The molecule has 7 heteroatoms. The molecule has 0 radical (unpaired) electrons. The third kappa shape index (κ3) is 7.89. The molecule has 6 nitrogen and oxygen atoms in total. The van der Waals surface area contributed by atoms with Gasteiger partial charge in [-0.05, 0) is 63.2 Å². The molecule has 0 saturated carbocycles. The first-order chi connectivity index (χ1) is 14.2. The Bertz CT molecular complexity index is 665. The number of rotatable bonds is 9. The van der Waals surface area contributed by atoms with E-state index in [0.717, 1.165) is 43.3 Å². The highest BCUT2D eigenvalue weighted by molar-refractivity contribution is 14.0. The molecule has 0 amide bonds. The monoisotopic (exact) mass is 530 g/mol. The predicted molar refractivity (Wildman–Crippen MR) is 134 cm³/mol. The van der Waals surface area contributed by atoms with Gasteiger partial charge in [0.15, 0.2) is 5.96 Å². The molecular weight excluding hydrogens is 491 g/mol. The molecule has 2 atom stereocenters. The van der Waals surface area contributed by atoms with Crippen LogP contribution in [0.3, 0.4) is 0 Å². The number of halogens is 1. The quantitative estimate of drug-likeness (QED) is 0.291. The minimum absolute atomic E-state index is 0. The molecule has 2 aliphatic heterocycles. The molecule has 2 unspecified atom stereocenters. The Hall–Kier alpha value is -1.06. The third-order valence-electron chi connectivity index (χ3n) is 5.81. The molecule has 2 fully saturated rings. The fourth-order valence-corrected chi connectivity index (χ4v) is 4.14. The van der Waals surface area contributed by atoms with Gasteiger partial charge < -0.3 is 25.0 Å². The molecule has 3 rings (SSSR count). The van der Waals surface area contributed by atoms with Gasteiger partial charge in [0.05, 0.1) is 6.10 Å². The largest absolute Gasteiger partial charge is 0.491 e. The van der Waals surface area contributed by atoms with Crippen LogP contribution in [0.1, 0.15) is 43.7 Å². The molecule has 30 heavy (non-hydrogen) atoms. The van der Waals surface area contributed by atoms with Crippen molar-refractivity contribution in [2.24, 2.45) is 10.9 Å². The van der Waals surface area contributed by atoms with Crippen LogP contribution in [-0.4, -0.2) is 63.4 Å². The normalized spacial score (nSPS) is 22.0. The topological polar surface area (TPSA) is 58.1 Å². The summed E-state index contributed by atoms with van der Waals surface area (Å²) in [6.07, 6.45) is 4.95. The van der Waals surface area contributed by atoms with Gasteiger partial charge in [-0.2, -0.15) is 0 Å². The fraction of sp³-hybridized carbons (Fsp3) is 0.696. The second-order valence-corrected chi connectivity index (χ2v) is 8.32. The summed E-state index contributed by atoms with van der Waals surface area (Å²) >= 11 is 0. The maximum Gasteiger partial charge on any atom is 0.191 e. The Morgan fingerprint density at radius 2 is 2.17 bits per heavy atom. The van der Waals surface area contributed by atoms with Gasteiger partial charge in [0.1, 0.15) is 12.4 Å². The van der Waals surface area contributed by atoms with Crippen LogP contribution in [0.5, 0.6) is 5.75 Å². The van der Waals surface area contributed by atoms with Gasteiger partial charge in [-0.1, -0.05) is 19.1 Å². The lowest BCUT2D eigenvalue weighted by Crippen LogP contribution is -2.40. The molecule has 1 aromatic rings. The Morgan fingerprint density at radius 1 is 1.30 bits per heavy atom. The molecule has 0 spiro atoms. The average Bonchev–Trinajstić information content (AvgIpc) is 3.40. The molecule has 0 aliphatic carbocycles. The second-order valence-electron chi connectivity index (χ2n) is 8.32. The van der Waals surface area contributed by atoms with E-state index in [-0.39, 0.29) is 30.1 Å². The number of likely N-dealkylation sites (tertiary alicyclic amines) is 1. The van der Waals surface area contributed by atoms with E-state index in [4.69, 9.17) is 9.47 Å². The fourth-order valence-electron chi connectivity index (χ4n) is 4.14. The number of aryl methyl sites for hydroxylation is 1. The van der Waals surface area contributed by atoms with Gasteiger partial charge in [0.25, 0.3) is 0 Å². The minimum atomic E-state index is 0. The summed E-state index contributed by atoms with van der Waals surface area (Å²) in [6.45, 7) is 11.1. The van der Waals surface area contributed by atoms with Crippen molar-refractivity contribution in [1.82, 2.24) is 15.5 Å². The van der Waals surface area contributed by atoms with E-state index in [1.165, 1.54) is 38.0 Å². The van der Waals surface area contributed by atoms with E-state index < -0.39 is 0 Å². The van der Waals surface area contributed by atoms with Crippen molar-refractivity contribution in [3.05, 3.63) is 29.3 Å². The molecule has 170 valence electrons. The lowest BCUT2D eigenvalue weighted by Gasteiger charge is -2.18. The summed E-state index contributed by atoms with van der Waals surface area (Å²) in [5.74, 6) is 2.49. The van der Waals surface area contributed by atoms with E-state index in [2.05, 4.69) is 52.6 Å². The van der Waals surface area contributed by atoms with Crippen molar-refractivity contribution in [3.63, 3.8) is 0 Å². The maximum absolute atomic E-state index is 6.11. The number of nitrogens with one attached hydrogen (secondary N) is 2. The summed E-state index contributed by atoms with van der Waals surface area (Å²) in [5, 5.41) is 6.95. The molecule has 2 heterocycles. The highest BCUT2D eigenvalue weighted by Gasteiger charge is 2.21. The van der Waals surface area contributed by atoms with Crippen molar-refractivity contribution >= 4 is 29.9 Å². The van der Waals surface area contributed by atoms with Crippen LogP contribution in [0, 0.1) is 12.8 Å². The van der Waals surface area contributed by atoms with Gasteiger partial charge >= 0.3 is 0 Å². The summed E-state index contributed by atoms with van der Waals surface area (Å²) in [5.41, 5.74) is 2.35. The highest BCUT2D eigenvalue weighted by atomic mass is 127. The van der Waals surface area contributed by atoms with Crippen LogP contribution in [0.25, 0.3) is 0 Å². The lowest BCUT2D eigenvalue weighted by molar-refractivity contribution is 0.0676. The molecular formula is C23H39IN4O2. The Morgan fingerprint density at radius 3 is 2.90 bits per heavy atom. The van der Waals surface area contributed by atoms with Crippen molar-refractivity contribution < 1.29 is 9.47 Å². The zero-order valence-electron chi connectivity index (χ0n) is 18.8. The molecule has 1 aromatic carbocycles. The number of aliphatic imine (C=N–C) groups is 1. The second kappa shape index (κ2) is 13.4. The standard InChI is InChI=1S/C23H38N4O2.HI/c1-4-10-27-11-9-19(16-27)14-25-23(24-3)26-15-20-8-7-18(2)13-22(20)29-17-21-6-5-12-28-21;/h7-8,13,19,21H,4-6,9-12,14-17H2,1-3H3,(H2,24,25,26);1H. The van der Waals surface area contributed by atoms with Crippen molar-refractivity contribution in [1.29, 1.82) is 0 Å². The number of hydrogen-bond acceptors (Lipinski definition) is 4. The average molecular weight is 530 g/mol. The zero-order chi connectivity index (χ0) is 20.5. The van der Waals surface area contributed by atoms with E-state index >= 15 is 0 Å². The Kier molecular flexibility index (Phi) is 11.2. The van der Waals surface area contributed by atoms with Crippen molar-refractivity contribution in [2.45, 2.75) is 52.2 Å². The molecule has 2 aliphatic rings. The summed E-state index contributed by atoms with van der Waals surface area (Å²) in [6, 6.07) is 6.38. The smallest absolute Gasteiger partial charge is 0.191 e. The van der Waals surface area contributed by atoms with Crippen molar-refractivity contribution in [2.75, 3.05) is 46.4 Å². The number of guanidine groups is 1. The lowest BCUT2D eigenvalue weighted by atomic mass is 10.1. The van der Waals surface area contributed by atoms with Crippen LogP contribution < -0.4 is 15.4 Å². The van der Waals surface area contributed by atoms with Crippen LogP contribution in [0.4, 0.5) is 0 Å². The summed E-state index contributed by atoms with van der Waals surface area (Å²) in [7, 11) is 1.83. The zero-order valence-corrected chi connectivity index (χ0v) is 21.1. The Labute approximate surface area is 199 Å². The predicted octanol–water partition coefficient (Wildman–Crippen LogP) is 3.57. The maximum atomic E-state index is 6.11. The van der Waals surface area contributed by atoms with E-state index in [1.807, 2.05) is 7.05 Å². The van der Waals surface area contributed by atoms with Gasteiger partial charge in [0.2, 0.25) is 0 Å². The SMILES string of the molecule is CCCN1CCC(CNC(=NC)NCc2ccc(C)cc2OCC2CCCO2)C1.I. The molecule has 2 N–H and O–H groups in total. The van der Waals surface area contributed by atoms with Crippen LogP contribution >= 0.6 is 24.0 Å². The number of benzene rings is 1. The Balaban J connectivity index is 0.00000320. The molecule has 0 bridgehead atoms. The van der Waals surface area contributed by atoms with E-state index in [0.29, 0.717) is 19.1 Å². The van der Waals surface area contributed by atoms with E-state index in [1.54, 1.807) is 0 Å². The van der Waals surface area contributed by atoms with Crippen LogP contribution in [0.15, 0.2) is 23.2 Å². The van der Waals surface area contributed by atoms with Crippen molar-refractivity contribution in [3.8, 4) is 5.75 Å². The summed E-state index contributed by atoms with van der Waals surface area (Å²) in [4.78, 5) is 6.96. The first kappa shape index (κ1) is 25.2. The number of ether oxygens (including phenoxy) is 2. The molecule has 0 aromatic heterocycles. The number of nitrogens with zero attached hydrogens (tertiary/aromatic N) is 2. The van der Waals surface area contributed by atoms with Crippen LogP contribution in [-0.2, 0) is 11.3 Å². The van der Waals surface area contributed by atoms with E-state index in [9.17, 15) is 0 Å². The highest BCUT2D eigenvalue weighted by Crippen LogP contribution is 2.22. The third-order valence-corrected chi connectivity index (χ3v) is 5.81. The first-order valence-electron chi connectivity index (χ1n) is 11.2. The first-order valence-corrected chi connectivity index (χ1v) is 11.2. The van der Waals surface area contributed by atoms with Gasteiger partial charge in [-0.15, -0.1) is 24.0 Å². The van der Waals surface area contributed by atoms with Gasteiger partial charge in [-0.25, -0.2) is 0 Å². The molecule has 2 saturated heterocycles. The number of hydrogen-bond donors (Lipinski definition) is 2. The summed E-state index contributed by atoms with van der Waals surface area (Å²) < 4.78 is 11.8.